The van der Waals surface area contributed by atoms with Crippen LogP contribution < -0.4 is 5.73 Å². The van der Waals surface area contributed by atoms with Gasteiger partial charge in [0.1, 0.15) is 5.01 Å². The minimum Gasteiger partial charge on any atom is -0.342 e. The molecule has 1 saturated heterocycles. The van der Waals surface area contributed by atoms with Gasteiger partial charge in [-0.1, -0.05) is 43.6 Å². The molecule has 1 unspecified atom stereocenters. The maximum absolute atomic E-state index is 12.6. The zero-order valence-corrected chi connectivity index (χ0v) is 15.5. The summed E-state index contributed by atoms with van der Waals surface area (Å²) in [4.78, 5) is 19.1. The Hall–Kier alpha value is -1.43. The van der Waals surface area contributed by atoms with E-state index in [4.69, 9.17) is 17.3 Å². The lowest BCUT2D eigenvalue weighted by Gasteiger charge is -2.42. The fourth-order valence-corrected chi connectivity index (χ4v) is 4.14. The van der Waals surface area contributed by atoms with E-state index in [1.165, 1.54) is 11.3 Å². The molecule has 1 amide bonds. The SMILES string of the molecule is CC1(C)CN(C(=O)Cc2csc(-c3ccccc3Cl)n2)CCC1N. The number of thiazole rings is 1. The number of carbonyl (C=O) groups is 1. The lowest BCUT2D eigenvalue weighted by molar-refractivity contribution is -0.133. The third-order valence-corrected chi connectivity index (χ3v) is 5.91. The van der Waals surface area contributed by atoms with Crippen molar-refractivity contribution in [2.75, 3.05) is 13.1 Å². The van der Waals surface area contributed by atoms with Crippen LogP contribution in [-0.4, -0.2) is 34.9 Å². The third-order valence-electron chi connectivity index (χ3n) is 4.65. The summed E-state index contributed by atoms with van der Waals surface area (Å²) < 4.78 is 0. The first-order chi connectivity index (χ1) is 11.4. The molecule has 0 bridgehead atoms. The van der Waals surface area contributed by atoms with Gasteiger partial charge in [0.05, 0.1) is 17.1 Å². The third kappa shape index (κ3) is 3.63. The first-order valence-corrected chi connectivity index (χ1v) is 9.35. The van der Waals surface area contributed by atoms with Gasteiger partial charge in [-0.25, -0.2) is 4.98 Å². The number of nitrogens with two attached hydrogens (primary N) is 1. The summed E-state index contributed by atoms with van der Waals surface area (Å²) in [6.45, 7) is 5.67. The molecule has 6 heteroatoms. The van der Waals surface area contributed by atoms with E-state index in [2.05, 4.69) is 18.8 Å². The quantitative estimate of drug-likeness (QED) is 0.906. The molecule has 1 aromatic heterocycles. The number of carbonyl (C=O) groups excluding carboxylic acids is 1. The highest BCUT2D eigenvalue weighted by atomic mass is 35.5. The Morgan fingerprint density at radius 3 is 2.92 bits per heavy atom. The summed E-state index contributed by atoms with van der Waals surface area (Å²) in [7, 11) is 0. The van der Waals surface area contributed by atoms with E-state index in [0.717, 1.165) is 29.2 Å². The van der Waals surface area contributed by atoms with Gasteiger partial charge >= 0.3 is 0 Å². The largest absolute Gasteiger partial charge is 0.342 e. The Morgan fingerprint density at radius 2 is 2.21 bits per heavy atom. The predicted molar refractivity (Wildman–Crippen MR) is 99.2 cm³/mol. The molecule has 1 aliphatic rings. The number of aromatic nitrogens is 1. The van der Waals surface area contributed by atoms with E-state index in [-0.39, 0.29) is 17.4 Å². The molecule has 2 aromatic rings. The van der Waals surface area contributed by atoms with Gasteiger partial charge in [-0.05, 0) is 17.9 Å². The Bertz CT molecular complexity index is 743. The molecule has 24 heavy (non-hydrogen) atoms. The van der Waals surface area contributed by atoms with Crippen LogP contribution in [0.4, 0.5) is 0 Å². The van der Waals surface area contributed by atoms with E-state index >= 15 is 0 Å². The van der Waals surface area contributed by atoms with Gasteiger partial charge in [0, 0.05) is 30.1 Å². The molecule has 0 spiro atoms. The second-order valence-corrected chi connectivity index (χ2v) is 8.26. The van der Waals surface area contributed by atoms with Gasteiger partial charge in [0.15, 0.2) is 0 Å². The van der Waals surface area contributed by atoms with Crippen molar-refractivity contribution in [3.63, 3.8) is 0 Å². The number of rotatable bonds is 3. The number of benzene rings is 1. The highest BCUT2D eigenvalue weighted by Crippen LogP contribution is 2.31. The first-order valence-electron chi connectivity index (χ1n) is 8.09. The summed E-state index contributed by atoms with van der Waals surface area (Å²) in [5.41, 5.74) is 7.81. The first kappa shape index (κ1) is 17.4. The van der Waals surface area contributed by atoms with Crippen LogP contribution in [0.25, 0.3) is 10.6 Å². The number of hydrogen-bond acceptors (Lipinski definition) is 4. The van der Waals surface area contributed by atoms with E-state index < -0.39 is 0 Å². The fourth-order valence-electron chi connectivity index (χ4n) is 3.00. The lowest BCUT2D eigenvalue weighted by atomic mass is 9.79. The topological polar surface area (TPSA) is 59.2 Å². The Labute approximate surface area is 151 Å². The predicted octanol–water partition coefficient (Wildman–Crippen LogP) is 3.59. The summed E-state index contributed by atoms with van der Waals surface area (Å²) in [6.07, 6.45) is 1.17. The van der Waals surface area contributed by atoms with Gasteiger partial charge in [0.2, 0.25) is 5.91 Å². The van der Waals surface area contributed by atoms with E-state index in [1.807, 2.05) is 34.5 Å². The molecule has 2 N–H and O–H groups in total. The van der Waals surface area contributed by atoms with Gasteiger partial charge in [-0.15, -0.1) is 11.3 Å². The van der Waals surface area contributed by atoms with Crippen molar-refractivity contribution in [2.24, 2.45) is 11.1 Å². The number of likely N-dealkylation sites (tertiary alicyclic amines) is 1. The molecular weight excluding hydrogens is 342 g/mol. The smallest absolute Gasteiger partial charge is 0.228 e. The molecule has 1 fully saturated rings. The number of halogens is 1. The normalized spacial score (nSPS) is 20.2. The van der Waals surface area contributed by atoms with Crippen LogP contribution in [0.2, 0.25) is 5.02 Å². The minimum absolute atomic E-state index is 0.0429. The van der Waals surface area contributed by atoms with Crippen LogP contribution >= 0.6 is 22.9 Å². The van der Waals surface area contributed by atoms with Gasteiger partial charge in [0.25, 0.3) is 0 Å². The van der Waals surface area contributed by atoms with Crippen molar-refractivity contribution < 1.29 is 4.79 Å². The molecule has 1 aliphatic heterocycles. The number of hydrogen-bond donors (Lipinski definition) is 1. The zero-order chi connectivity index (χ0) is 17.3. The number of amides is 1. The Morgan fingerprint density at radius 1 is 1.46 bits per heavy atom. The van der Waals surface area contributed by atoms with Gasteiger partial charge < -0.3 is 10.6 Å². The van der Waals surface area contributed by atoms with E-state index in [1.54, 1.807) is 0 Å². The molecule has 0 radical (unpaired) electrons. The van der Waals surface area contributed by atoms with Crippen LogP contribution in [-0.2, 0) is 11.2 Å². The van der Waals surface area contributed by atoms with Crippen LogP contribution in [0.3, 0.4) is 0 Å². The second kappa shape index (κ2) is 6.82. The standard InChI is InChI=1S/C18H22ClN3OS/c1-18(2)11-22(8-7-15(18)20)16(23)9-12-10-24-17(21-12)13-5-3-4-6-14(13)19/h3-6,10,15H,7-9,11,20H2,1-2H3. The monoisotopic (exact) mass is 363 g/mol. The molecule has 2 heterocycles. The van der Waals surface area contributed by atoms with Crippen LogP contribution in [0.1, 0.15) is 26.0 Å². The van der Waals surface area contributed by atoms with Gasteiger partial charge in [-0.3, -0.25) is 4.79 Å². The molecule has 3 rings (SSSR count). The van der Waals surface area contributed by atoms with E-state index in [0.29, 0.717) is 18.0 Å². The highest BCUT2D eigenvalue weighted by Gasteiger charge is 2.35. The van der Waals surface area contributed by atoms with Crippen molar-refractivity contribution in [3.05, 3.63) is 40.4 Å². The molecular formula is C18H22ClN3OS. The minimum atomic E-state index is -0.0429. The summed E-state index contributed by atoms with van der Waals surface area (Å²) >= 11 is 7.74. The fraction of sp³-hybridized carbons (Fsp3) is 0.444. The van der Waals surface area contributed by atoms with E-state index in [9.17, 15) is 4.79 Å². The molecule has 1 aromatic carbocycles. The van der Waals surface area contributed by atoms with Crippen LogP contribution in [0.15, 0.2) is 29.6 Å². The van der Waals surface area contributed by atoms with Crippen molar-refractivity contribution in [3.8, 4) is 10.6 Å². The molecule has 4 nitrogen and oxygen atoms in total. The molecule has 0 saturated carbocycles. The zero-order valence-electron chi connectivity index (χ0n) is 14.0. The Balaban J connectivity index is 1.69. The van der Waals surface area contributed by atoms with Crippen molar-refractivity contribution in [1.82, 2.24) is 9.88 Å². The maximum atomic E-state index is 12.6. The highest BCUT2D eigenvalue weighted by molar-refractivity contribution is 7.13. The average molecular weight is 364 g/mol. The summed E-state index contributed by atoms with van der Waals surface area (Å²) in [5.74, 6) is 0.117. The number of nitrogens with zero attached hydrogens (tertiary/aromatic N) is 2. The maximum Gasteiger partial charge on any atom is 0.228 e. The second-order valence-electron chi connectivity index (χ2n) is 7.00. The Kier molecular flexibility index (Phi) is 4.95. The molecule has 0 aliphatic carbocycles. The molecule has 128 valence electrons. The van der Waals surface area contributed by atoms with Crippen molar-refractivity contribution >= 4 is 28.8 Å². The average Bonchev–Trinajstić information content (AvgIpc) is 2.98. The lowest BCUT2D eigenvalue weighted by Crippen LogP contribution is -2.54. The van der Waals surface area contributed by atoms with Crippen LogP contribution in [0, 0.1) is 5.41 Å². The molecule has 1 atom stereocenters. The van der Waals surface area contributed by atoms with Crippen LogP contribution in [0.5, 0.6) is 0 Å². The number of piperidine rings is 1. The summed E-state index contributed by atoms with van der Waals surface area (Å²) in [6, 6.07) is 7.77. The summed E-state index contributed by atoms with van der Waals surface area (Å²) in [5, 5.41) is 3.47. The van der Waals surface area contributed by atoms with Crippen molar-refractivity contribution in [2.45, 2.75) is 32.7 Å². The van der Waals surface area contributed by atoms with Gasteiger partial charge in [-0.2, -0.15) is 0 Å². The van der Waals surface area contributed by atoms with Crippen molar-refractivity contribution in [1.29, 1.82) is 0 Å².